The highest BCUT2D eigenvalue weighted by Crippen LogP contribution is 2.33. The van der Waals surface area contributed by atoms with E-state index in [0.717, 1.165) is 35.8 Å². The number of aromatic nitrogens is 2. The topological polar surface area (TPSA) is 58.1 Å². The molecule has 0 bridgehead atoms. The Labute approximate surface area is 128 Å². The summed E-state index contributed by atoms with van der Waals surface area (Å²) < 4.78 is 0. The second-order valence-corrected chi connectivity index (χ2v) is 6.95. The molecule has 0 aliphatic carbocycles. The van der Waals surface area contributed by atoms with Crippen LogP contribution in [0.5, 0.6) is 0 Å². The Balaban J connectivity index is 1.74. The van der Waals surface area contributed by atoms with Crippen LogP contribution in [-0.2, 0) is 0 Å². The number of nitrogens with zero attached hydrogens (tertiary/aromatic N) is 3. The van der Waals surface area contributed by atoms with Gasteiger partial charge in [-0.1, -0.05) is 18.3 Å². The fourth-order valence-corrected chi connectivity index (χ4v) is 3.74. The molecule has 1 aliphatic rings. The third kappa shape index (κ3) is 2.78. The lowest BCUT2D eigenvalue weighted by atomic mass is 9.77. The van der Waals surface area contributed by atoms with E-state index in [-0.39, 0.29) is 5.78 Å². The summed E-state index contributed by atoms with van der Waals surface area (Å²) in [4.78, 5) is 23.4. The fraction of sp³-hybridized carbons (Fsp3) is 0.533. The minimum atomic E-state index is -0.00468. The van der Waals surface area contributed by atoms with E-state index in [2.05, 4.69) is 34.2 Å². The summed E-state index contributed by atoms with van der Waals surface area (Å²) in [6, 6.07) is 3.87. The molecule has 21 heavy (non-hydrogen) atoms. The number of hydrogen-bond acceptors (Lipinski definition) is 6. The number of thiazole rings is 1. The number of hydrogen-bond donors (Lipinski definition) is 1. The first-order valence-corrected chi connectivity index (χ1v) is 8.04. The number of anilines is 1. The molecule has 6 heteroatoms. The third-order valence-corrected chi connectivity index (χ3v) is 5.23. The maximum Gasteiger partial charge on any atom is 0.188 e. The third-order valence-electron chi connectivity index (χ3n) is 4.16. The highest BCUT2D eigenvalue weighted by Gasteiger charge is 2.39. The van der Waals surface area contributed by atoms with Crippen LogP contribution in [-0.4, -0.2) is 47.3 Å². The number of pyridine rings is 1. The molecule has 1 aliphatic heterocycles. The van der Waals surface area contributed by atoms with Crippen molar-refractivity contribution in [2.45, 2.75) is 20.3 Å². The van der Waals surface area contributed by atoms with Crippen LogP contribution < -0.4 is 5.32 Å². The van der Waals surface area contributed by atoms with Crippen LogP contribution in [0.1, 0.15) is 30.1 Å². The van der Waals surface area contributed by atoms with Gasteiger partial charge < -0.3 is 10.2 Å². The van der Waals surface area contributed by atoms with E-state index in [0.29, 0.717) is 10.4 Å². The molecule has 0 spiro atoms. The fourth-order valence-electron chi connectivity index (χ4n) is 2.90. The smallest absolute Gasteiger partial charge is 0.188 e. The molecule has 0 radical (unpaired) electrons. The second kappa shape index (κ2) is 5.35. The summed E-state index contributed by atoms with van der Waals surface area (Å²) >= 11 is 1.36. The summed E-state index contributed by atoms with van der Waals surface area (Å²) in [5.74, 6) is 0.860. The van der Waals surface area contributed by atoms with Crippen LogP contribution in [0.2, 0.25) is 0 Å². The SMILES string of the molecule is CCC1(CNc2ccc3nc(C(C)=O)sc3n2)CN(C)C1. The van der Waals surface area contributed by atoms with Gasteiger partial charge in [0.05, 0.1) is 0 Å². The molecule has 0 aromatic carbocycles. The Morgan fingerprint density at radius 2 is 2.19 bits per heavy atom. The van der Waals surface area contributed by atoms with Crippen LogP contribution in [0.4, 0.5) is 5.82 Å². The van der Waals surface area contributed by atoms with Crippen LogP contribution in [0.15, 0.2) is 12.1 Å². The van der Waals surface area contributed by atoms with Crippen LogP contribution in [0, 0.1) is 5.41 Å². The van der Waals surface area contributed by atoms with Gasteiger partial charge >= 0.3 is 0 Å². The van der Waals surface area contributed by atoms with Gasteiger partial charge in [-0.15, -0.1) is 0 Å². The van der Waals surface area contributed by atoms with Crippen molar-refractivity contribution >= 4 is 33.3 Å². The van der Waals surface area contributed by atoms with E-state index < -0.39 is 0 Å². The van der Waals surface area contributed by atoms with Gasteiger partial charge in [-0.05, 0) is 25.6 Å². The summed E-state index contributed by atoms with van der Waals surface area (Å²) in [6.45, 7) is 6.98. The minimum Gasteiger partial charge on any atom is -0.369 e. The highest BCUT2D eigenvalue weighted by atomic mass is 32.1. The number of carbonyl (C=O) groups excluding carboxylic acids is 1. The molecule has 0 unspecified atom stereocenters. The Hall–Kier alpha value is -1.53. The van der Waals surface area contributed by atoms with Crippen molar-refractivity contribution < 1.29 is 4.79 Å². The highest BCUT2D eigenvalue weighted by molar-refractivity contribution is 7.19. The largest absolute Gasteiger partial charge is 0.369 e. The van der Waals surface area contributed by atoms with Gasteiger partial charge in [0, 0.05) is 32.0 Å². The zero-order valence-corrected chi connectivity index (χ0v) is 13.5. The molecule has 0 saturated carbocycles. The normalized spacial score (nSPS) is 17.7. The lowest BCUT2D eigenvalue weighted by Gasteiger charge is -2.48. The molecule has 1 N–H and O–H groups in total. The van der Waals surface area contributed by atoms with Gasteiger partial charge in [-0.2, -0.15) is 0 Å². The van der Waals surface area contributed by atoms with Gasteiger partial charge in [0.2, 0.25) is 0 Å². The molecule has 3 rings (SSSR count). The number of likely N-dealkylation sites (tertiary alicyclic amines) is 1. The standard InChI is InChI=1S/C15H20N4OS/c1-4-15(8-19(3)9-15)7-16-12-6-5-11-14(18-12)21-13(17-11)10(2)20/h5-6H,4,7-9H2,1-3H3,(H,16,18). The Bertz CT molecular complexity index is 675. The van der Waals surface area contributed by atoms with Gasteiger partial charge in [-0.25, -0.2) is 9.97 Å². The Kier molecular flexibility index (Phi) is 3.67. The molecule has 5 nitrogen and oxygen atoms in total. The molecule has 2 aromatic rings. The summed E-state index contributed by atoms with van der Waals surface area (Å²) in [7, 11) is 2.15. The van der Waals surface area contributed by atoms with Crippen molar-refractivity contribution in [3.63, 3.8) is 0 Å². The number of Topliss-reactive ketones (excluding diaryl/α,β-unsaturated/α-hetero) is 1. The van der Waals surface area contributed by atoms with E-state index in [9.17, 15) is 4.79 Å². The maximum atomic E-state index is 11.4. The summed E-state index contributed by atoms with van der Waals surface area (Å²) in [6.07, 6.45) is 1.17. The Morgan fingerprint density at radius 3 is 2.81 bits per heavy atom. The van der Waals surface area contributed by atoms with Crippen LogP contribution in [0.25, 0.3) is 10.3 Å². The van der Waals surface area contributed by atoms with Crippen LogP contribution in [0.3, 0.4) is 0 Å². The lowest BCUT2D eigenvalue weighted by molar-refractivity contribution is 0.0306. The molecule has 0 amide bonds. The average Bonchev–Trinajstić information content (AvgIpc) is 2.85. The summed E-state index contributed by atoms with van der Waals surface area (Å²) in [5, 5.41) is 3.97. The number of carbonyl (C=O) groups is 1. The van der Waals surface area contributed by atoms with Gasteiger partial charge in [0.15, 0.2) is 10.8 Å². The van der Waals surface area contributed by atoms with Crippen molar-refractivity contribution in [1.82, 2.24) is 14.9 Å². The number of ketones is 1. The van der Waals surface area contributed by atoms with Crippen molar-refractivity contribution in [1.29, 1.82) is 0 Å². The average molecular weight is 304 g/mol. The first-order chi connectivity index (χ1) is 10.0. The molecular weight excluding hydrogens is 284 g/mol. The first-order valence-electron chi connectivity index (χ1n) is 7.22. The molecular formula is C15H20N4OS. The van der Waals surface area contributed by atoms with Gasteiger partial charge in [0.25, 0.3) is 0 Å². The van der Waals surface area contributed by atoms with Crippen LogP contribution >= 0.6 is 11.3 Å². The molecule has 2 aromatic heterocycles. The van der Waals surface area contributed by atoms with E-state index in [1.807, 2.05) is 12.1 Å². The number of fused-ring (bicyclic) bond motifs is 1. The molecule has 112 valence electrons. The zero-order valence-electron chi connectivity index (χ0n) is 12.6. The predicted molar refractivity (Wildman–Crippen MR) is 86.1 cm³/mol. The molecule has 1 saturated heterocycles. The minimum absolute atomic E-state index is 0.00468. The van der Waals surface area contributed by atoms with E-state index in [1.165, 1.54) is 24.7 Å². The van der Waals surface area contributed by atoms with E-state index in [1.54, 1.807) is 0 Å². The zero-order chi connectivity index (χ0) is 15.0. The summed E-state index contributed by atoms with van der Waals surface area (Å²) in [5.41, 5.74) is 1.16. The maximum absolute atomic E-state index is 11.4. The molecule has 0 atom stereocenters. The number of nitrogens with one attached hydrogen (secondary N) is 1. The first kappa shape index (κ1) is 14.4. The molecule has 3 heterocycles. The van der Waals surface area contributed by atoms with Crippen molar-refractivity contribution in [2.75, 3.05) is 32.0 Å². The van der Waals surface area contributed by atoms with E-state index >= 15 is 0 Å². The van der Waals surface area contributed by atoms with Crippen molar-refractivity contribution in [3.05, 3.63) is 17.1 Å². The van der Waals surface area contributed by atoms with Crippen molar-refractivity contribution in [3.8, 4) is 0 Å². The quantitative estimate of drug-likeness (QED) is 0.861. The Morgan fingerprint density at radius 1 is 1.43 bits per heavy atom. The van der Waals surface area contributed by atoms with Crippen molar-refractivity contribution in [2.24, 2.45) is 5.41 Å². The van der Waals surface area contributed by atoms with Gasteiger partial charge in [-0.3, -0.25) is 4.79 Å². The lowest BCUT2D eigenvalue weighted by Crippen LogP contribution is -2.57. The molecule has 1 fully saturated rings. The monoisotopic (exact) mass is 304 g/mol. The number of rotatable bonds is 5. The van der Waals surface area contributed by atoms with Gasteiger partial charge in [0.1, 0.15) is 16.2 Å². The van der Waals surface area contributed by atoms with E-state index in [4.69, 9.17) is 0 Å². The predicted octanol–water partition coefficient (Wildman–Crippen LogP) is 2.65. The second-order valence-electron chi connectivity index (χ2n) is 5.98.